The van der Waals surface area contributed by atoms with Gasteiger partial charge in [-0.1, -0.05) is 0 Å². The highest BCUT2D eigenvalue weighted by Gasteiger charge is 2.19. The number of aromatic nitrogens is 1. The maximum atomic E-state index is 12.5. The standard InChI is InChI=1S/C10H10ClF2NO2/c1-5-7(4-11)6(10(15)16-2)3-8(14-5)9(12)13/h3,9H,4H2,1-2H3. The van der Waals surface area contributed by atoms with Gasteiger partial charge in [0.05, 0.1) is 18.6 Å². The topological polar surface area (TPSA) is 39.2 Å². The lowest BCUT2D eigenvalue weighted by molar-refractivity contribution is 0.0598. The first-order valence-electron chi connectivity index (χ1n) is 4.44. The largest absolute Gasteiger partial charge is 0.465 e. The Morgan fingerprint density at radius 1 is 1.62 bits per heavy atom. The third kappa shape index (κ3) is 2.47. The molecule has 0 aliphatic heterocycles. The van der Waals surface area contributed by atoms with Crippen molar-refractivity contribution in [1.82, 2.24) is 4.98 Å². The van der Waals surface area contributed by atoms with Crippen LogP contribution < -0.4 is 0 Å². The minimum absolute atomic E-state index is 0.0206. The van der Waals surface area contributed by atoms with E-state index in [0.717, 1.165) is 6.07 Å². The lowest BCUT2D eigenvalue weighted by Gasteiger charge is -2.10. The van der Waals surface area contributed by atoms with E-state index in [2.05, 4.69) is 9.72 Å². The van der Waals surface area contributed by atoms with Crippen molar-refractivity contribution in [3.8, 4) is 0 Å². The summed E-state index contributed by atoms with van der Waals surface area (Å²) in [5.74, 6) is -0.671. The number of alkyl halides is 3. The van der Waals surface area contributed by atoms with E-state index in [4.69, 9.17) is 11.6 Å². The van der Waals surface area contributed by atoms with E-state index >= 15 is 0 Å². The van der Waals surface area contributed by atoms with Crippen LogP contribution >= 0.6 is 11.6 Å². The molecule has 0 atom stereocenters. The van der Waals surface area contributed by atoms with E-state index in [1.165, 1.54) is 14.0 Å². The molecule has 0 fully saturated rings. The molecule has 0 aliphatic rings. The zero-order chi connectivity index (χ0) is 12.3. The molecule has 0 amide bonds. The molecule has 0 unspecified atom stereocenters. The number of rotatable bonds is 3. The molecule has 6 heteroatoms. The first-order chi connectivity index (χ1) is 7.51. The van der Waals surface area contributed by atoms with E-state index in [-0.39, 0.29) is 11.4 Å². The predicted molar refractivity (Wildman–Crippen MR) is 54.8 cm³/mol. The molecule has 1 rings (SSSR count). The van der Waals surface area contributed by atoms with Gasteiger partial charge in [0.2, 0.25) is 0 Å². The number of carbonyl (C=O) groups is 1. The van der Waals surface area contributed by atoms with Gasteiger partial charge in [0, 0.05) is 11.3 Å². The Kier molecular flexibility index (Phi) is 4.18. The number of ether oxygens (including phenoxy) is 1. The first-order valence-corrected chi connectivity index (χ1v) is 4.97. The summed E-state index contributed by atoms with van der Waals surface area (Å²) in [4.78, 5) is 15.0. The SMILES string of the molecule is COC(=O)c1cc(C(F)F)nc(C)c1CCl. The van der Waals surface area contributed by atoms with Gasteiger partial charge in [-0.15, -0.1) is 11.6 Å². The van der Waals surface area contributed by atoms with Crippen LogP contribution in [0.1, 0.15) is 33.7 Å². The smallest absolute Gasteiger partial charge is 0.338 e. The Balaban J connectivity index is 3.36. The lowest BCUT2D eigenvalue weighted by atomic mass is 10.1. The zero-order valence-corrected chi connectivity index (χ0v) is 9.52. The number of hydrogen-bond acceptors (Lipinski definition) is 3. The van der Waals surface area contributed by atoms with Crippen LogP contribution in [0.4, 0.5) is 8.78 Å². The van der Waals surface area contributed by atoms with Crippen LogP contribution in [0.3, 0.4) is 0 Å². The van der Waals surface area contributed by atoms with Crippen molar-refractivity contribution in [3.05, 3.63) is 28.6 Å². The average Bonchev–Trinajstić information content (AvgIpc) is 2.26. The van der Waals surface area contributed by atoms with Gasteiger partial charge in [-0.05, 0) is 13.0 Å². The van der Waals surface area contributed by atoms with Crippen LogP contribution in [-0.4, -0.2) is 18.1 Å². The zero-order valence-electron chi connectivity index (χ0n) is 8.76. The molecule has 1 aromatic rings. The average molecular weight is 250 g/mol. The molecule has 0 N–H and O–H groups in total. The van der Waals surface area contributed by atoms with Crippen molar-refractivity contribution < 1.29 is 18.3 Å². The summed E-state index contributed by atoms with van der Waals surface area (Å²) in [6, 6.07) is 1.02. The number of pyridine rings is 1. The van der Waals surface area contributed by atoms with Crippen molar-refractivity contribution in [2.24, 2.45) is 0 Å². The monoisotopic (exact) mass is 249 g/mol. The molecule has 0 bridgehead atoms. The fourth-order valence-electron chi connectivity index (χ4n) is 1.30. The second kappa shape index (κ2) is 5.21. The second-order valence-corrected chi connectivity index (χ2v) is 3.35. The molecular weight excluding hydrogens is 240 g/mol. The molecule has 1 aromatic heterocycles. The molecule has 0 saturated carbocycles. The molecular formula is C10H10ClF2NO2. The summed E-state index contributed by atoms with van der Waals surface area (Å²) in [5.41, 5.74) is 0.318. The van der Waals surface area contributed by atoms with Crippen LogP contribution in [0.2, 0.25) is 0 Å². The molecule has 1 heterocycles. The predicted octanol–water partition coefficient (Wildman–Crippen LogP) is 2.85. The molecule has 0 spiro atoms. The van der Waals surface area contributed by atoms with Gasteiger partial charge in [0.1, 0.15) is 5.69 Å². The van der Waals surface area contributed by atoms with Crippen LogP contribution in [0, 0.1) is 6.92 Å². The van der Waals surface area contributed by atoms with E-state index in [1.807, 2.05) is 0 Å². The molecule has 0 aliphatic carbocycles. The highest BCUT2D eigenvalue weighted by atomic mass is 35.5. The van der Waals surface area contributed by atoms with E-state index in [1.54, 1.807) is 0 Å². The summed E-state index contributed by atoms with van der Waals surface area (Å²) in [6.07, 6.45) is -2.73. The minimum Gasteiger partial charge on any atom is -0.465 e. The number of nitrogens with zero attached hydrogens (tertiary/aromatic N) is 1. The Labute approximate surface area is 96.4 Å². The molecule has 3 nitrogen and oxygen atoms in total. The summed E-state index contributed by atoms with van der Waals surface area (Å²) in [5, 5.41) is 0. The van der Waals surface area contributed by atoms with Crippen molar-refractivity contribution in [3.63, 3.8) is 0 Å². The van der Waals surface area contributed by atoms with Gasteiger partial charge in [0.15, 0.2) is 0 Å². The normalized spacial score (nSPS) is 10.6. The molecule has 88 valence electrons. The van der Waals surface area contributed by atoms with Gasteiger partial charge in [-0.2, -0.15) is 0 Å². The van der Waals surface area contributed by atoms with E-state index in [0.29, 0.717) is 11.3 Å². The number of aryl methyl sites for hydroxylation is 1. The van der Waals surface area contributed by atoms with Gasteiger partial charge < -0.3 is 4.74 Å². The van der Waals surface area contributed by atoms with Gasteiger partial charge >= 0.3 is 5.97 Å². The Hall–Kier alpha value is -1.23. The van der Waals surface area contributed by atoms with Crippen LogP contribution in [-0.2, 0) is 10.6 Å². The van der Waals surface area contributed by atoms with Crippen molar-refractivity contribution in [2.75, 3.05) is 7.11 Å². The third-order valence-corrected chi connectivity index (χ3v) is 2.38. The Morgan fingerprint density at radius 3 is 2.69 bits per heavy atom. The lowest BCUT2D eigenvalue weighted by Crippen LogP contribution is -2.10. The van der Waals surface area contributed by atoms with Gasteiger partial charge in [-0.25, -0.2) is 13.6 Å². The number of hydrogen-bond donors (Lipinski definition) is 0. The fourth-order valence-corrected chi connectivity index (χ4v) is 1.63. The maximum Gasteiger partial charge on any atom is 0.338 e. The second-order valence-electron chi connectivity index (χ2n) is 3.08. The van der Waals surface area contributed by atoms with Gasteiger partial charge in [-0.3, -0.25) is 4.98 Å². The van der Waals surface area contributed by atoms with E-state index in [9.17, 15) is 13.6 Å². The number of halogens is 3. The number of carbonyl (C=O) groups excluding carboxylic acids is 1. The quantitative estimate of drug-likeness (QED) is 0.611. The van der Waals surface area contributed by atoms with Crippen LogP contribution in [0.25, 0.3) is 0 Å². The van der Waals surface area contributed by atoms with Gasteiger partial charge in [0.25, 0.3) is 6.43 Å². The third-order valence-electron chi connectivity index (χ3n) is 2.11. The summed E-state index contributed by atoms with van der Waals surface area (Å²) >= 11 is 5.64. The summed E-state index contributed by atoms with van der Waals surface area (Å²) in [7, 11) is 1.18. The van der Waals surface area contributed by atoms with Crippen molar-refractivity contribution in [2.45, 2.75) is 19.2 Å². The minimum atomic E-state index is -2.73. The van der Waals surface area contributed by atoms with Crippen LogP contribution in [0.15, 0.2) is 6.07 Å². The number of esters is 1. The molecule has 0 saturated heterocycles. The molecule has 0 aromatic carbocycles. The highest BCUT2D eigenvalue weighted by molar-refractivity contribution is 6.17. The molecule has 0 radical (unpaired) electrons. The van der Waals surface area contributed by atoms with Crippen molar-refractivity contribution >= 4 is 17.6 Å². The Morgan fingerprint density at radius 2 is 2.25 bits per heavy atom. The fraction of sp³-hybridized carbons (Fsp3) is 0.400. The summed E-state index contributed by atoms with van der Waals surface area (Å²) < 4.78 is 29.5. The maximum absolute atomic E-state index is 12.5. The summed E-state index contributed by atoms with van der Waals surface area (Å²) in [6.45, 7) is 1.52. The molecule has 16 heavy (non-hydrogen) atoms. The number of methoxy groups -OCH3 is 1. The van der Waals surface area contributed by atoms with Crippen LogP contribution in [0.5, 0.6) is 0 Å². The van der Waals surface area contributed by atoms with Crippen molar-refractivity contribution in [1.29, 1.82) is 0 Å². The van der Waals surface area contributed by atoms with E-state index < -0.39 is 18.1 Å². The Bertz CT molecular complexity index is 410. The highest BCUT2D eigenvalue weighted by Crippen LogP contribution is 2.23. The first kappa shape index (κ1) is 12.8.